The van der Waals surface area contributed by atoms with Crippen LogP contribution >= 0.6 is 0 Å². The number of hydrogen-bond acceptors (Lipinski definition) is 2. The van der Waals surface area contributed by atoms with Crippen LogP contribution in [-0.2, 0) is 9.59 Å². The summed E-state index contributed by atoms with van der Waals surface area (Å²) in [6, 6.07) is 0. The zero-order chi connectivity index (χ0) is 11.3. The molecule has 0 aliphatic heterocycles. The number of carbonyl (C=O) groups excluding carboxylic acids is 1. The van der Waals surface area contributed by atoms with Crippen LogP contribution < -0.4 is 0 Å². The normalized spacial score (nSPS) is 26.3. The zero-order valence-electron chi connectivity index (χ0n) is 9.11. The number of aliphatic carboxylic acids is 1. The monoisotopic (exact) mass is 210 g/mol. The van der Waals surface area contributed by atoms with Gasteiger partial charge in [-0.1, -0.05) is 19.1 Å². The summed E-state index contributed by atoms with van der Waals surface area (Å²) in [6.07, 6.45) is 7.15. The van der Waals surface area contributed by atoms with Gasteiger partial charge in [-0.05, 0) is 25.2 Å². The van der Waals surface area contributed by atoms with Gasteiger partial charge in [0.1, 0.15) is 5.78 Å². The third-order valence-corrected chi connectivity index (χ3v) is 2.97. The molecule has 15 heavy (non-hydrogen) atoms. The summed E-state index contributed by atoms with van der Waals surface area (Å²) in [5.41, 5.74) is 0. The van der Waals surface area contributed by atoms with Crippen molar-refractivity contribution in [1.29, 1.82) is 0 Å². The number of Topliss-reactive ketones (excluding diaryl/α,β-unsaturated/α-hetero) is 1. The average molecular weight is 210 g/mol. The summed E-state index contributed by atoms with van der Waals surface area (Å²) >= 11 is 0. The number of carboxylic acid groups (broad SMARTS) is 1. The molecular formula is C12H18O3. The molecule has 1 saturated carbocycles. The summed E-state index contributed by atoms with van der Waals surface area (Å²) in [6.45, 7) is 2.04. The standard InChI is InChI=1S/C12H18O3/c1-2-3-4-5-10-9(8-12(14)15)6-7-11(10)13/h3-4,9-10H,2,5-8H2,1H3,(H,14,15)/b4-3-/t9?,10-/m0/s1. The second-order valence-electron chi connectivity index (χ2n) is 4.08. The predicted molar refractivity (Wildman–Crippen MR) is 57.5 cm³/mol. The molecule has 3 heteroatoms. The Hall–Kier alpha value is -1.12. The van der Waals surface area contributed by atoms with Crippen LogP contribution in [0.2, 0.25) is 0 Å². The topological polar surface area (TPSA) is 54.4 Å². The van der Waals surface area contributed by atoms with Crippen LogP contribution in [0.25, 0.3) is 0 Å². The van der Waals surface area contributed by atoms with Gasteiger partial charge in [0.2, 0.25) is 0 Å². The van der Waals surface area contributed by atoms with Crippen molar-refractivity contribution in [3.63, 3.8) is 0 Å². The number of carbonyl (C=O) groups is 2. The molecule has 3 nitrogen and oxygen atoms in total. The third-order valence-electron chi connectivity index (χ3n) is 2.97. The van der Waals surface area contributed by atoms with Gasteiger partial charge in [-0.3, -0.25) is 9.59 Å². The number of hydrogen-bond donors (Lipinski definition) is 1. The first-order valence-electron chi connectivity index (χ1n) is 5.54. The minimum Gasteiger partial charge on any atom is -0.481 e. The maximum absolute atomic E-state index is 11.5. The molecule has 2 atom stereocenters. The number of allylic oxidation sites excluding steroid dienone is 2. The molecule has 1 aliphatic carbocycles. The van der Waals surface area contributed by atoms with Gasteiger partial charge in [0.15, 0.2) is 0 Å². The van der Waals surface area contributed by atoms with Gasteiger partial charge < -0.3 is 5.11 Å². The first kappa shape index (κ1) is 12.0. The third kappa shape index (κ3) is 3.50. The summed E-state index contributed by atoms with van der Waals surface area (Å²) in [4.78, 5) is 22.1. The van der Waals surface area contributed by atoms with Crippen molar-refractivity contribution in [3.05, 3.63) is 12.2 Å². The molecule has 0 spiro atoms. The van der Waals surface area contributed by atoms with E-state index in [1.165, 1.54) is 0 Å². The van der Waals surface area contributed by atoms with E-state index in [4.69, 9.17) is 5.11 Å². The number of ketones is 1. The van der Waals surface area contributed by atoms with E-state index in [9.17, 15) is 9.59 Å². The summed E-state index contributed by atoms with van der Waals surface area (Å²) < 4.78 is 0. The molecule has 0 aromatic rings. The molecule has 1 fully saturated rings. The SMILES string of the molecule is CC/C=C\C[C@@H]1C(=O)CCC1CC(=O)O. The molecule has 1 N–H and O–H groups in total. The lowest BCUT2D eigenvalue weighted by Crippen LogP contribution is -2.17. The van der Waals surface area contributed by atoms with E-state index in [0.29, 0.717) is 12.8 Å². The van der Waals surface area contributed by atoms with Gasteiger partial charge >= 0.3 is 5.97 Å². The van der Waals surface area contributed by atoms with Crippen LogP contribution in [0.5, 0.6) is 0 Å². The molecule has 84 valence electrons. The van der Waals surface area contributed by atoms with E-state index in [1.54, 1.807) is 0 Å². The highest BCUT2D eigenvalue weighted by Gasteiger charge is 2.34. The molecule has 0 saturated heterocycles. The summed E-state index contributed by atoms with van der Waals surface area (Å²) in [5, 5.41) is 8.72. The second kappa shape index (κ2) is 5.69. The molecule has 0 heterocycles. The smallest absolute Gasteiger partial charge is 0.303 e. The molecular weight excluding hydrogens is 192 g/mol. The lowest BCUT2D eigenvalue weighted by molar-refractivity contribution is -0.138. The molecule has 1 aliphatic rings. The first-order valence-corrected chi connectivity index (χ1v) is 5.54. The van der Waals surface area contributed by atoms with E-state index in [1.807, 2.05) is 19.1 Å². The van der Waals surface area contributed by atoms with Gasteiger partial charge in [0, 0.05) is 18.8 Å². The fourth-order valence-corrected chi connectivity index (χ4v) is 2.18. The van der Waals surface area contributed by atoms with Gasteiger partial charge in [-0.25, -0.2) is 0 Å². The maximum atomic E-state index is 11.5. The van der Waals surface area contributed by atoms with Crippen LogP contribution in [0.1, 0.15) is 39.0 Å². The van der Waals surface area contributed by atoms with Crippen molar-refractivity contribution < 1.29 is 14.7 Å². The minimum atomic E-state index is -0.792. The van der Waals surface area contributed by atoms with Crippen molar-refractivity contribution in [1.82, 2.24) is 0 Å². The highest BCUT2D eigenvalue weighted by atomic mass is 16.4. The van der Waals surface area contributed by atoms with Crippen LogP contribution in [-0.4, -0.2) is 16.9 Å². The fraction of sp³-hybridized carbons (Fsp3) is 0.667. The molecule has 0 radical (unpaired) electrons. The van der Waals surface area contributed by atoms with Gasteiger partial charge in [-0.15, -0.1) is 0 Å². The fourth-order valence-electron chi connectivity index (χ4n) is 2.18. The van der Waals surface area contributed by atoms with Gasteiger partial charge in [0.05, 0.1) is 0 Å². The average Bonchev–Trinajstić information content (AvgIpc) is 2.49. The van der Waals surface area contributed by atoms with Gasteiger partial charge in [0.25, 0.3) is 0 Å². The Labute approximate surface area is 90.2 Å². The second-order valence-corrected chi connectivity index (χ2v) is 4.08. The highest BCUT2D eigenvalue weighted by Crippen LogP contribution is 2.33. The van der Waals surface area contributed by atoms with E-state index >= 15 is 0 Å². The molecule has 1 unspecified atom stereocenters. The molecule has 0 bridgehead atoms. The van der Waals surface area contributed by atoms with Crippen LogP contribution in [0.3, 0.4) is 0 Å². The van der Waals surface area contributed by atoms with Crippen LogP contribution in [0.15, 0.2) is 12.2 Å². The van der Waals surface area contributed by atoms with Crippen molar-refractivity contribution >= 4 is 11.8 Å². The number of carboxylic acids is 1. The maximum Gasteiger partial charge on any atom is 0.303 e. The first-order chi connectivity index (χ1) is 7.15. The van der Waals surface area contributed by atoms with Gasteiger partial charge in [-0.2, -0.15) is 0 Å². The Morgan fingerprint density at radius 3 is 2.87 bits per heavy atom. The summed E-state index contributed by atoms with van der Waals surface area (Å²) in [7, 11) is 0. The number of rotatable bonds is 5. The van der Waals surface area contributed by atoms with Crippen molar-refractivity contribution in [2.45, 2.75) is 39.0 Å². The Kier molecular flexibility index (Phi) is 4.53. The molecule has 0 aromatic heterocycles. The lowest BCUT2D eigenvalue weighted by atomic mass is 9.89. The van der Waals surface area contributed by atoms with Crippen LogP contribution in [0, 0.1) is 11.8 Å². The van der Waals surface area contributed by atoms with E-state index in [0.717, 1.165) is 12.8 Å². The molecule has 1 rings (SSSR count). The van der Waals surface area contributed by atoms with Crippen molar-refractivity contribution in [2.75, 3.05) is 0 Å². The largest absolute Gasteiger partial charge is 0.481 e. The molecule has 0 aromatic carbocycles. The summed E-state index contributed by atoms with van der Waals surface area (Å²) in [5.74, 6) is -0.554. The Morgan fingerprint density at radius 2 is 2.27 bits per heavy atom. The lowest BCUT2D eigenvalue weighted by Gasteiger charge is -2.14. The van der Waals surface area contributed by atoms with Crippen LogP contribution in [0.4, 0.5) is 0 Å². The Morgan fingerprint density at radius 1 is 1.53 bits per heavy atom. The predicted octanol–water partition coefficient (Wildman–Crippen LogP) is 2.41. The minimum absolute atomic E-state index is 0.0519. The Bertz CT molecular complexity index is 268. The Balaban J connectivity index is 2.52. The van der Waals surface area contributed by atoms with E-state index < -0.39 is 5.97 Å². The quantitative estimate of drug-likeness (QED) is 0.709. The highest BCUT2D eigenvalue weighted by molar-refractivity contribution is 5.84. The zero-order valence-corrected chi connectivity index (χ0v) is 9.11. The van der Waals surface area contributed by atoms with E-state index in [2.05, 4.69) is 0 Å². The van der Waals surface area contributed by atoms with Crippen molar-refractivity contribution in [2.24, 2.45) is 11.8 Å². The molecule has 0 amide bonds. The van der Waals surface area contributed by atoms with Crippen molar-refractivity contribution in [3.8, 4) is 0 Å². The van der Waals surface area contributed by atoms with E-state index in [-0.39, 0.29) is 24.0 Å².